The Balaban J connectivity index is 0.953. The molecule has 5 rings (SSSR count). The third-order valence-electron chi connectivity index (χ3n) is 14.1. The molecule has 334 valence electrons. The Hall–Kier alpha value is -1.60. The van der Waals surface area contributed by atoms with Gasteiger partial charge in [-0.15, -0.1) is 0 Å². The number of hydrogen-bond donors (Lipinski definition) is 5. The quantitative estimate of drug-likeness (QED) is 0.0330. The molecule has 0 saturated carbocycles. The number of unbranched alkanes of at least 4 members (excludes halogenated alkanes) is 13. The molecule has 1 amide bonds. The molecule has 11 heteroatoms. The van der Waals surface area contributed by atoms with Crippen molar-refractivity contribution in [3.05, 3.63) is 12.2 Å². The highest BCUT2D eigenvalue weighted by molar-refractivity contribution is 5.76. The molecule has 9 unspecified atom stereocenters. The molecule has 7 N–H and O–H groups in total. The minimum atomic E-state index is -0.688. The van der Waals surface area contributed by atoms with Gasteiger partial charge in [-0.3, -0.25) is 9.59 Å². The normalized spacial score (nSPS) is 31.7. The van der Waals surface area contributed by atoms with Crippen LogP contribution in [0, 0.1) is 5.92 Å². The molecule has 5 heterocycles. The Kier molecular flexibility index (Phi) is 20.7. The number of carbonyl (C=O) groups excluding carboxylic acids is 2. The van der Waals surface area contributed by atoms with Crippen molar-refractivity contribution in [2.24, 2.45) is 17.4 Å². The van der Waals surface area contributed by atoms with Gasteiger partial charge in [0.2, 0.25) is 12.2 Å². The summed E-state index contributed by atoms with van der Waals surface area (Å²) in [7, 11) is 0. The van der Waals surface area contributed by atoms with Crippen LogP contribution < -0.4 is 27.0 Å². The molecular formula is C47H87N6O5+. The summed E-state index contributed by atoms with van der Waals surface area (Å²) < 4.78 is 20.0. The van der Waals surface area contributed by atoms with Crippen LogP contribution in [0.25, 0.3) is 0 Å². The van der Waals surface area contributed by atoms with Gasteiger partial charge in [0.25, 0.3) is 0 Å². The molecule has 0 bridgehead atoms. The van der Waals surface area contributed by atoms with Gasteiger partial charge in [-0.2, -0.15) is 0 Å². The van der Waals surface area contributed by atoms with Gasteiger partial charge in [-0.1, -0.05) is 103 Å². The molecule has 5 fully saturated rings. The molecule has 5 aliphatic heterocycles. The molecule has 0 aromatic carbocycles. The van der Waals surface area contributed by atoms with E-state index in [1.54, 1.807) is 0 Å². The second-order valence-electron chi connectivity index (χ2n) is 18.7. The predicted octanol–water partition coefficient (Wildman–Crippen LogP) is 6.73. The summed E-state index contributed by atoms with van der Waals surface area (Å²) in [6.45, 7) is 7.83. The molecule has 11 nitrogen and oxygen atoms in total. The van der Waals surface area contributed by atoms with Gasteiger partial charge in [0.1, 0.15) is 17.5 Å². The Morgan fingerprint density at radius 3 is 2.17 bits per heavy atom. The summed E-state index contributed by atoms with van der Waals surface area (Å²) in [4.78, 5) is 30.4. The van der Waals surface area contributed by atoms with Crippen LogP contribution in [0.3, 0.4) is 0 Å². The lowest BCUT2D eigenvalue weighted by Gasteiger charge is -2.57. The van der Waals surface area contributed by atoms with Crippen LogP contribution in [0.2, 0.25) is 0 Å². The second kappa shape index (κ2) is 25.4. The highest BCUT2D eigenvalue weighted by Crippen LogP contribution is 2.43. The standard InChI is InChI=1S/C47H86N6O5/c1-3-5-24-40-29-31-46(57-40)37-38-27-28-41-43(47(51-45(50-46)53(38)41)30-21-25-39(58-47)23-4-2)44(55)56-36-20-16-14-12-10-8-6-7-9-11-13-15-17-26-42(54)52(35-22-33-49)34-19-18-32-48/h5,24,38-41,43,45,50-51H,3-4,6-23,25-37,48-49H2,1-2H3/p+1. The van der Waals surface area contributed by atoms with E-state index in [1.165, 1.54) is 62.7 Å². The number of hydrogen-bond acceptors (Lipinski definition) is 9. The van der Waals surface area contributed by atoms with E-state index in [2.05, 4.69) is 36.6 Å². The lowest BCUT2D eigenvalue weighted by Crippen LogP contribution is -3.28. The monoisotopic (exact) mass is 816 g/mol. The zero-order chi connectivity index (χ0) is 41.1. The first-order valence-electron chi connectivity index (χ1n) is 24.7. The van der Waals surface area contributed by atoms with Crippen molar-refractivity contribution in [2.75, 3.05) is 32.8 Å². The molecule has 58 heavy (non-hydrogen) atoms. The van der Waals surface area contributed by atoms with Crippen LogP contribution in [0.4, 0.5) is 0 Å². The lowest BCUT2D eigenvalue weighted by molar-refractivity contribution is -0.985. The molecular weight excluding hydrogens is 729 g/mol. The molecule has 0 aromatic rings. The van der Waals surface area contributed by atoms with E-state index in [4.69, 9.17) is 25.7 Å². The maximum absolute atomic E-state index is 14.2. The Morgan fingerprint density at radius 2 is 1.48 bits per heavy atom. The fourth-order valence-corrected chi connectivity index (χ4v) is 11.1. The minimum absolute atomic E-state index is 0.0126. The van der Waals surface area contributed by atoms with Crippen molar-refractivity contribution >= 4 is 11.9 Å². The minimum Gasteiger partial charge on any atom is -0.465 e. The highest BCUT2D eigenvalue weighted by Gasteiger charge is 2.67. The number of nitrogens with zero attached hydrogens (tertiary/aromatic N) is 1. The van der Waals surface area contributed by atoms with E-state index in [0.717, 1.165) is 129 Å². The number of allylic oxidation sites excluding steroid dienone is 1. The number of nitrogens with one attached hydrogen (secondary N) is 3. The summed E-state index contributed by atoms with van der Waals surface area (Å²) in [6.07, 6.45) is 35.4. The number of rotatable bonds is 28. The van der Waals surface area contributed by atoms with E-state index in [-0.39, 0.29) is 48.1 Å². The summed E-state index contributed by atoms with van der Waals surface area (Å²) in [5, 5.41) is 7.96. The van der Waals surface area contributed by atoms with Gasteiger partial charge >= 0.3 is 5.97 Å². The highest BCUT2D eigenvalue weighted by atomic mass is 16.6. The summed E-state index contributed by atoms with van der Waals surface area (Å²) in [5.41, 5.74) is 10.3. The molecule has 0 radical (unpaired) electrons. The maximum atomic E-state index is 14.2. The predicted molar refractivity (Wildman–Crippen MR) is 233 cm³/mol. The topological polar surface area (TPSA) is 146 Å². The molecule has 2 spiro atoms. The third-order valence-corrected chi connectivity index (χ3v) is 14.1. The van der Waals surface area contributed by atoms with Crippen molar-refractivity contribution < 1.29 is 28.7 Å². The fourth-order valence-electron chi connectivity index (χ4n) is 11.1. The molecule has 9 atom stereocenters. The number of ether oxygens (including phenoxy) is 3. The Labute approximate surface area is 353 Å². The number of nitrogens with two attached hydrogens (primary N) is 2. The first-order valence-corrected chi connectivity index (χ1v) is 24.7. The Bertz CT molecular complexity index is 1220. The van der Waals surface area contributed by atoms with Gasteiger partial charge in [0.15, 0.2) is 5.92 Å². The number of amides is 1. The zero-order valence-corrected chi connectivity index (χ0v) is 37.1. The maximum Gasteiger partial charge on any atom is 0.319 e. The Morgan fingerprint density at radius 1 is 0.793 bits per heavy atom. The first-order chi connectivity index (χ1) is 28.4. The van der Waals surface area contributed by atoms with E-state index in [1.807, 2.05) is 4.90 Å². The van der Waals surface area contributed by atoms with E-state index in [9.17, 15) is 9.59 Å². The summed E-state index contributed by atoms with van der Waals surface area (Å²) in [5.74, 6) is -0.0435. The van der Waals surface area contributed by atoms with Crippen molar-refractivity contribution in [1.82, 2.24) is 15.5 Å². The molecule has 5 saturated heterocycles. The largest absolute Gasteiger partial charge is 0.465 e. The van der Waals surface area contributed by atoms with E-state index in [0.29, 0.717) is 32.2 Å². The first kappa shape index (κ1) is 47.4. The SMILES string of the molecule is CCC=CC1CCC2(CC3CCC4C(C(=O)OCCCCCCCCCCCCCCCC(=O)N(CCCN)CCCCN)C5(CCCC(CCC)O5)NC(N2)[NH+]34)O1. The number of quaternary nitrogens is 1. The van der Waals surface area contributed by atoms with Crippen molar-refractivity contribution in [3.8, 4) is 0 Å². The summed E-state index contributed by atoms with van der Waals surface area (Å²) in [6, 6.07) is 0.663. The second-order valence-corrected chi connectivity index (χ2v) is 18.7. The molecule has 5 aliphatic rings. The van der Waals surface area contributed by atoms with Crippen LogP contribution in [0.1, 0.15) is 194 Å². The zero-order valence-electron chi connectivity index (χ0n) is 37.1. The van der Waals surface area contributed by atoms with Gasteiger partial charge in [-0.25, -0.2) is 10.6 Å². The van der Waals surface area contributed by atoms with Crippen LogP contribution in [0.5, 0.6) is 0 Å². The molecule has 0 aliphatic carbocycles. The number of esters is 1. The van der Waals surface area contributed by atoms with Crippen LogP contribution in [-0.2, 0) is 23.8 Å². The van der Waals surface area contributed by atoms with Crippen molar-refractivity contribution in [3.63, 3.8) is 0 Å². The lowest BCUT2D eigenvalue weighted by atomic mass is 9.79. The number of carbonyl (C=O) groups is 2. The van der Waals surface area contributed by atoms with Crippen LogP contribution >= 0.6 is 0 Å². The van der Waals surface area contributed by atoms with Crippen molar-refractivity contribution in [2.45, 2.75) is 236 Å². The third kappa shape index (κ3) is 13.7. The summed E-state index contributed by atoms with van der Waals surface area (Å²) >= 11 is 0. The van der Waals surface area contributed by atoms with Gasteiger partial charge in [0.05, 0.1) is 24.9 Å². The van der Waals surface area contributed by atoms with Crippen LogP contribution in [-0.4, -0.2) is 91.6 Å². The fraction of sp³-hybridized carbons (Fsp3) is 0.915. The van der Waals surface area contributed by atoms with E-state index >= 15 is 0 Å². The average molecular weight is 816 g/mol. The van der Waals surface area contributed by atoms with Crippen LogP contribution in [0.15, 0.2) is 12.2 Å². The smallest absolute Gasteiger partial charge is 0.319 e. The molecule has 0 aromatic heterocycles. The van der Waals surface area contributed by atoms with Gasteiger partial charge in [-0.05, 0) is 90.1 Å². The van der Waals surface area contributed by atoms with Crippen molar-refractivity contribution in [1.29, 1.82) is 0 Å². The van der Waals surface area contributed by atoms with Gasteiger partial charge in [0, 0.05) is 38.8 Å². The van der Waals surface area contributed by atoms with Gasteiger partial charge < -0.3 is 35.5 Å². The van der Waals surface area contributed by atoms with E-state index < -0.39 is 5.72 Å². The average Bonchev–Trinajstić information content (AvgIpc) is 3.81.